The van der Waals surface area contributed by atoms with E-state index in [1.54, 1.807) is 12.1 Å². The lowest BCUT2D eigenvalue weighted by Gasteiger charge is -2.09. The summed E-state index contributed by atoms with van der Waals surface area (Å²) in [6.45, 7) is 0. The average Bonchev–Trinajstić information content (AvgIpc) is 3.05. The predicted molar refractivity (Wildman–Crippen MR) is 101 cm³/mol. The van der Waals surface area contributed by atoms with Crippen molar-refractivity contribution < 1.29 is 13.6 Å². The summed E-state index contributed by atoms with van der Waals surface area (Å²) in [6, 6.07) is 8.96. The van der Waals surface area contributed by atoms with Crippen molar-refractivity contribution in [3.63, 3.8) is 0 Å². The second-order valence-corrected chi connectivity index (χ2v) is 7.11. The molecule has 0 aliphatic carbocycles. The first-order chi connectivity index (χ1) is 12.4. The zero-order valence-electron chi connectivity index (χ0n) is 12.8. The minimum absolute atomic E-state index is 0.0335. The van der Waals surface area contributed by atoms with Gasteiger partial charge in [-0.3, -0.25) is 4.79 Å². The number of hydrogen-bond acceptors (Lipinski definition) is 5. The van der Waals surface area contributed by atoms with E-state index in [9.17, 15) is 9.18 Å². The Balaban J connectivity index is 1.63. The molecule has 0 radical (unpaired) electrons. The number of nitrogens with one attached hydrogen (secondary N) is 1. The van der Waals surface area contributed by atoms with Crippen LogP contribution < -0.4 is 5.32 Å². The van der Waals surface area contributed by atoms with Crippen LogP contribution in [0.3, 0.4) is 0 Å². The summed E-state index contributed by atoms with van der Waals surface area (Å²) >= 11 is 18.9. The number of benzene rings is 2. The third kappa shape index (κ3) is 4.48. The Labute approximate surface area is 166 Å². The first-order valence-corrected chi connectivity index (χ1v) is 9.21. The van der Waals surface area contributed by atoms with Crippen molar-refractivity contribution in [2.24, 2.45) is 0 Å². The first kappa shape index (κ1) is 19.0. The van der Waals surface area contributed by atoms with E-state index >= 15 is 0 Å². The van der Waals surface area contributed by atoms with Gasteiger partial charge in [-0.05, 0) is 24.3 Å². The maximum atomic E-state index is 13.7. The second kappa shape index (κ2) is 8.26. The molecule has 0 saturated carbocycles. The molecule has 0 fully saturated rings. The fraction of sp³-hybridized carbons (Fsp3) is 0.0625. The molecule has 3 aromatic rings. The Morgan fingerprint density at radius 3 is 2.54 bits per heavy atom. The molecular weight excluding hydrogens is 424 g/mol. The maximum absolute atomic E-state index is 13.7. The molecule has 1 amide bonds. The van der Waals surface area contributed by atoms with E-state index < -0.39 is 5.82 Å². The van der Waals surface area contributed by atoms with Crippen molar-refractivity contribution in [3.8, 4) is 11.5 Å². The minimum atomic E-state index is -0.475. The van der Waals surface area contributed by atoms with Gasteiger partial charge >= 0.3 is 0 Å². The summed E-state index contributed by atoms with van der Waals surface area (Å²) in [4.78, 5) is 12.1. The fourth-order valence-electron chi connectivity index (χ4n) is 1.98. The van der Waals surface area contributed by atoms with Gasteiger partial charge in [-0.2, -0.15) is 0 Å². The molecular formula is C16H9Cl3FN3O2S. The van der Waals surface area contributed by atoms with E-state index in [4.69, 9.17) is 39.2 Å². The average molecular weight is 433 g/mol. The molecule has 10 heteroatoms. The Hall–Kier alpha value is -1.80. The van der Waals surface area contributed by atoms with Gasteiger partial charge in [0.25, 0.3) is 11.1 Å². The van der Waals surface area contributed by atoms with Crippen molar-refractivity contribution in [3.05, 3.63) is 57.3 Å². The van der Waals surface area contributed by atoms with Crippen LogP contribution in [-0.4, -0.2) is 21.9 Å². The number of nitrogens with zero attached hydrogens (tertiary/aromatic N) is 2. The van der Waals surface area contributed by atoms with Crippen molar-refractivity contribution >= 4 is 58.2 Å². The fourth-order valence-corrected chi connectivity index (χ4v) is 3.45. The van der Waals surface area contributed by atoms with Crippen molar-refractivity contribution in [1.29, 1.82) is 0 Å². The first-order valence-electron chi connectivity index (χ1n) is 7.09. The summed E-state index contributed by atoms with van der Waals surface area (Å²) in [5, 5.41) is 11.1. The number of anilines is 1. The topological polar surface area (TPSA) is 68.0 Å². The smallest absolute Gasteiger partial charge is 0.277 e. The van der Waals surface area contributed by atoms with Crippen LogP contribution in [0.5, 0.6) is 0 Å². The van der Waals surface area contributed by atoms with Crippen LogP contribution in [0.2, 0.25) is 15.1 Å². The summed E-state index contributed by atoms with van der Waals surface area (Å²) in [5.74, 6) is -0.854. The van der Waals surface area contributed by atoms with Gasteiger partial charge in [0, 0.05) is 5.02 Å². The number of carbonyl (C=O) groups is 1. The van der Waals surface area contributed by atoms with Crippen LogP contribution in [0.25, 0.3) is 11.5 Å². The van der Waals surface area contributed by atoms with Gasteiger partial charge in [0.1, 0.15) is 5.82 Å². The number of aromatic nitrogens is 2. The Bertz CT molecular complexity index is 944. The lowest BCUT2D eigenvalue weighted by Crippen LogP contribution is -2.14. The molecule has 2 aromatic carbocycles. The molecule has 26 heavy (non-hydrogen) atoms. The molecule has 0 unspecified atom stereocenters. The van der Waals surface area contributed by atoms with Gasteiger partial charge < -0.3 is 9.73 Å². The van der Waals surface area contributed by atoms with E-state index in [2.05, 4.69) is 15.5 Å². The highest BCUT2D eigenvalue weighted by atomic mass is 35.5. The summed E-state index contributed by atoms with van der Waals surface area (Å²) < 4.78 is 19.1. The Kier molecular flexibility index (Phi) is 6.03. The van der Waals surface area contributed by atoms with Gasteiger partial charge in [-0.25, -0.2) is 4.39 Å². The van der Waals surface area contributed by atoms with Crippen LogP contribution in [0.1, 0.15) is 0 Å². The van der Waals surface area contributed by atoms with E-state index in [-0.39, 0.29) is 44.1 Å². The number of amides is 1. The molecule has 0 bridgehead atoms. The van der Waals surface area contributed by atoms with E-state index in [1.165, 1.54) is 24.3 Å². The van der Waals surface area contributed by atoms with Gasteiger partial charge in [0.15, 0.2) is 0 Å². The van der Waals surface area contributed by atoms with E-state index in [0.29, 0.717) is 5.02 Å². The van der Waals surface area contributed by atoms with Crippen LogP contribution >= 0.6 is 46.6 Å². The quantitative estimate of drug-likeness (QED) is 0.534. The molecule has 0 aliphatic rings. The number of rotatable bonds is 5. The molecule has 5 nitrogen and oxygen atoms in total. The minimum Gasteiger partial charge on any atom is -0.411 e. The third-order valence-electron chi connectivity index (χ3n) is 3.11. The largest absolute Gasteiger partial charge is 0.411 e. The maximum Gasteiger partial charge on any atom is 0.277 e. The molecule has 0 atom stereocenters. The summed E-state index contributed by atoms with van der Waals surface area (Å²) in [5.41, 5.74) is 0.455. The van der Waals surface area contributed by atoms with Crippen molar-refractivity contribution in [2.75, 3.05) is 11.1 Å². The Morgan fingerprint density at radius 1 is 1.15 bits per heavy atom. The van der Waals surface area contributed by atoms with E-state index in [1.807, 2.05) is 0 Å². The summed E-state index contributed by atoms with van der Waals surface area (Å²) in [7, 11) is 0. The second-order valence-electron chi connectivity index (χ2n) is 4.93. The highest BCUT2D eigenvalue weighted by Crippen LogP contribution is 2.34. The number of hydrogen-bond donors (Lipinski definition) is 1. The lowest BCUT2D eigenvalue weighted by molar-refractivity contribution is -0.113. The molecule has 1 N–H and O–H groups in total. The number of halogens is 4. The van der Waals surface area contributed by atoms with Gasteiger partial charge in [-0.15, -0.1) is 10.2 Å². The SMILES string of the molecule is O=C(CSc1nnc(-c2ccccc2F)o1)Nc1c(Cl)cc(Cl)cc1Cl. The van der Waals surface area contributed by atoms with Crippen LogP contribution in [0.4, 0.5) is 10.1 Å². The molecule has 0 aliphatic heterocycles. The van der Waals surface area contributed by atoms with Crippen molar-refractivity contribution in [1.82, 2.24) is 10.2 Å². The predicted octanol–water partition coefficient (Wildman–Crippen LogP) is 5.57. The number of carbonyl (C=O) groups excluding carboxylic acids is 1. The van der Waals surface area contributed by atoms with Crippen molar-refractivity contribution in [2.45, 2.75) is 5.22 Å². The van der Waals surface area contributed by atoms with Gasteiger partial charge in [-0.1, -0.05) is 58.7 Å². The molecule has 3 rings (SSSR count). The monoisotopic (exact) mass is 431 g/mol. The molecule has 0 saturated heterocycles. The molecule has 1 heterocycles. The van der Waals surface area contributed by atoms with Crippen LogP contribution in [-0.2, 0) is 4.79 Å². The van der Waals surface area contributed by atoms with Crippen LogP contribution in [0.15, 0.2) is 46.0 Å². The molecule has 0 spiro atoms. The Morgan fingerprint density at radius 2 is 1.85 bits per heavy atom. The lowest BCUT2D eigenvalue weighted by atomic mass is 10.2. The van der Waals surface area contributed by atoms with Crippen LogP contribution in [0, 0.1) is 5.82 Å². The molecule has 134 valence electrons. The highest BCUT2D eigenvalue weighted by Gasteiger charge is 2.15. The van der Waals surface area contributed by atoms with E-state index in [0.717, 1.165) is 11.8 Å². The zero-order chi connectivity index (χ0) is 18.7. The molecule has 1 aromatic heterocycles. The standard InChI is InChI=1S/C16H9Cl3FN3O2S/c17-8-5-10(18)14(11(19)6-8)21-13(24)7-26-16-23-22-15(25-16)9-3-1-2-4-12(9)20/h1-6H,7H2,(H,21,24). The van der Waals surface area contributed by atoms with Gasteiger partial charge in [0.05, 0.1) is 27.0 Å². The summed E-state index contributed by atoms with van der Waals surface area (Å²) in [6.07, 6.45) is 0. The van der Waals surface area contributed by atoms with Gasteiger partial charge in [0.2, 0.25) is 5.91 Å². The zero-order valence-corrected chi connectivity index (χ0v) is 15.9. The third-order valence-corrected chi connectivity index (χ3v) is 4.74. The number of thioether (sulfide) groups is 1. The normalized spacial score (nSPS) is 10.8. The highest BCUT2D eigenvalue weighted by molar-refractivity contribution is 7.99.